The van der Waals surface area contributed by atoms with Gasteiger partial charge in [-0.1, -0.05) is 0 Å². The molecule has 1 aliphatic heterocycles. The van der Waals surface area contributed by atoms with Gasteiger partial charge in [0.25, 0.3) is 0 Å². The number of carboxylic acid groups (broad SMARTS) is 1. The van der Waals surface area contributed by atoms with Crippen LogP contribution in [-0.2, 0) is 11.2 Å². The Bertz CT molecular complexity index is 748. The van der Waals surface area contributed by atoms with Gasteiger partial charge in [-0.3, -0.25) is 0 Å². The first-order valence-electron chi connectivity index (χ1n) is 6.55. The number of fused-ring (bicyclic) bond motifs is 1. The quantitative estimate of drug-likeness (QED) is 0.922. The fourth-order valence-corrected chi connectivity index (χ4v) is 3.61. The SMILES string of the molecule is Cc1ccnc(N2CCc3sccc3C2C(=O)O)c1C#N. The number of aryl methyl sites for hydroxylation is 1. The van der Waals surface area contributed by atoms with E-state index in [1.54, 1.807) is 28.5 Å². The fourth-order valence-electron chi connectivity index (χ4n) is 2.71. The molecule has 1 aliphatic rings. The van der Waals surface area contributed by atoms with Gasteiger partial charge in [-0.2, -0.15) is 5.26 Å². The summed E-state index contributed by atoms with van der Waals surface area (Å²) < 4.78 is 0. The van der Waals surface area contributed by atoms with Crippen molar-refractivity contribution in [3.8, 4) is 6.07 Å². The summed E-state index contributed by atoms with van der Waals surface area (Å²) in [6, 6.07) is 4.98. The molecule has 0 saturated carbocycles. The number of nitriles is 1. The van der Waals surface area contributed by atoms with Crippen molar-refractivity contribution in [2.75, 3.05) is 11.4 Å². The average molecular weight is 299 g/mol. The van der Waals surface area contributed by atoms with Crippen LogP contribution in [-0.4, -0.2) is 22.6 Å². The maximum atomic E-state index is 11.7. The Morgan fingerprint density at radius 1 is 1.57 bits per heavy atom. The summed E-state index contributed by atoms with van der Waals surface area (Å²) in [5.41, 5.74) is 2.07. The van der Waals surface area contributed by atoms with Gasteiger partial charge >= 0.3 is 5.97 Å². The van der Waals surface area contributed by atoms with Gasteiger partial charge in [-0.25, -0.2) is 9.78 Å². The lowest BCUT2D eigenvalue weighted by molar-refractivity contribution is -0.138. The standard InChI is InChI=1S/C15H13N3O2S/c1-9-2-5-17-14(11(9)8-16)18-6-3-12-10(4-7-21-12)13(18)15(19)20/h2,4-5,7,13H,3,6H2,1H3,(H,19,20). The smallest absolute Gasteiger partial charge is 0.331 e. The summed E-state index contributed by atoms with van der Waals surface area (Å²) in [6.45, 7) is 2.38. The molecule has 0 fully saturated rings. The van der Waals surface area contributed by atoms with Crippen LogP contribution in [0.25, 0.3) is 0 Å². The number of aromatic nitrogens is 1. The Kier molecular flexibility index (Phi) is 3.35. The van der Waals surface area contributed by atoms with E-state index >= 15 is 0 Å². The van der Waals surface area contributed by atoms with Crippen LogP contribution in [0.5, 0.6) is 0 Å². The summed E-state index contributed by atoms with van der Waals surface area (Å²) in [5.74, 6) is -0.455. The number of pyridine rings is 1. The fraction of sp³-hybridized carbons (Fsp3) is 0.267. The molecule has 6 heteroatoms. The Hall–Kier alpha value is -2.39. The van der Waals surface area contributed by atoms with Crippen molar-refractivity contribution in [1.82, 2.24) is 4.98 Å². The molecular weight excluding hydrogens is 286 g/mol. The zero-order valence-corrected chi connectivity index (χ0v) is 12.2. The molecule has 3 rings (SSSR count). The van der Waals surface area contributed by atoms with E-state index in [1.165, 1.54) is 0 Å². The molecule has 1 atom stereocenters. The van der Waals surface area contributed by atoms with Crippen LogP contribution in [0.3, 0.4) is 0 Å². The summed E-state index contributed by atoms with van der Waals surface area (Å²) >= 11 is 1.58. The van der Waals surface area contributed by atoms with Crippen LogP contribution in [0.15, 0.2) is 23.7 Å². The first-order chi connectivity index (χ1) is 10.1. The summed E-state index contributed by atoms with van der Waals surface area (Å²) in [5, 5.41) is 20.9. The van der Waals surface area contributed by atoms with Crippen LogP contribution in [0, 0.1) is 18.3 Å². The first kappa shape index (κ1) is 13.6. The van der Waals surface area contributed by atoms with Crippen LogP contribution in [0.2, 0.25) is 0 Å². The molecule has 0 aromatic carbocycles. The van der Waals surface area contributed by atoms with Gasteiger partial charge in [0, 0.05) is 17.6 Å². The molecule has 0 aliphatic carbocycles. The molecule has 2 aromatic heterocycles. The number of thiophene rings is 1. The maximum absolute atomic E-state index is 11.7. The Balaban J connectivity index is 2.13. The topological polar surface area (TPSA) is 77.2 Å². The van der Waals surface area contributed by atoms with Gasteiger partial charge in [0.2, 0.25) is 0 Å². The summed E-state index contributed by atoms with van der Waals surface area (Å²) in [7, 11) is 0. The van der Waals surface area contributed by atoms with Crippen molar-refractivity contribution in [1.29, 1.82) is 5.26 Å². The highest BCUT2D eigenvalue weighted by molar-refractivity contribution is 7.10. The van der Waals surface area contributed by atoms with E-state index in [-0.39, 0.29) is 0 Å². The predicted octanol–water partition coefficient (Wildman–Crippen LogP) is 2.51. The molecule has 0 saturated heterocycles. The molecule has 1 unspecified atom stereocenters. The lowest BCUT2D eigenvalue weighted by Gasteiger charge is -2.34. The van der Waals surface area contributed by atoms with E-state index in [0.29, 0.717) is 17.9 Å². The maximum Gasteiger partial charge on any atom is 0.331 e. The molecule has 5 nitrogen and oxygen atoms in total. The van der Waals surface area contributed by atoms with Gasteiger partial charge < -0.3 is 10.0 Å². The van der Waals surface area contributed by atoms with E-state index in [0.717, 1.165) is 22.4 Å². The van der Waals surface area contributed by atoms with E-state index in [2.05, 4.69) is 11.1 Å². The number of carboxylic acids is 1. The van der Waals surface area contributed by atoms with Gasteiger partial charge in [0.05, 0.1) is 5.56 Å². The third-order valence-corrected chi connectivity index (χ3v) is 4.72. The van der Waals surface area contributed by atoms with Crippen molar-refractivity contribution in [3.63, 3.8) is 0 Å². The molecule has 21 heavy (non-hydrogen) atoms. The Morgan fingerprint density at radius 2 is 2.38 bits per heavy atom. The Morgan fingerprint density at radius 3 is 3.10 bits per heavy atom. The average Bonchev–Trinajstić information content (AvgIpc) is 2.93. The Labute approximate surface area is 126 Å². The zero-order chi connectivity index (χ0) is 15.0. The van der Waals surface area contributed by atoms with Gasteiger partial charge in [0.1, 0.15) is 11.9 Å². The minimum atomic E-state index is -0.915. The predicted molar refractivity (Wildman–Crippen MR) is 79.4 cm³/mol. The molecule has 1 N–H and O–H groups in total. The zero-order valence-electron chi connectivity index (χ0n) is 11.4. The number of nitrogens with zero attached hydrogens (tertiary/aromatic N) is 3. The second-order valence-corrected chi connectivity index (χ2v) is 5.92. The van der Waals surface area contributed by atoms with E-state index in [1.807, 2.05) is 18.4 Å². The van der Waals surface area contributed by atoms with Crippen molar-refractivity contribution in [2.24, 2.45) is 0 Å². The molecule has 2 aromatic rings. The molecular formula is C15H13N3O2S. The van der Waals surface area contributed by atoms with Gasteiger partial charge in [-0.05, 0) is 42.0 Å². The van der Waals surface area contributed by atoms with Gasteiger partial charge in [-0.15, -0.1) is 11.3 Å². The minimum absolute atomic E-state index is 0.447. The number of hydrogen-bond acceptors (Lipinski definition) is 5. The third-order valence-electron chi connectivity index (χ3n) is 3.72. The minimum Gasteiger partial charge on any atom is -0.479 e. The summed E-state index contributed by atoms with van der Waals surface area (Å²) in [6.07, 6.45) is 2.39. The van der Waals surface area contributed by atoms with Crippen molar-refractivity contribution >= 4 is 23.1 Å². The molecule has 0 amide bonds. The number of hydrogen-bond donors (Lipinski definition) is 1. The normalized spacial score (nSPS) is 17.1. The van der Waals surface area contributed by atoms with Crippen LogP contribution < -0.4 is 4.90 Å². The number of rotatable bonds is 2. The van der Waals surface area contributed by atoms with E-state index in [9.17, 15) is 15.2 Å². The van der Waals surface area contributed by atoms with Crippen LogP contribution in [0.4, 0.5) is 5.82 Å². The number of carbonyl (C=O) groups is 1. The van der Waals surface area contributed by atoms with Crippen molar-refractivity contribution in [3.05, 3.63) is 45.3 Å². The second kappa shape index (κ2) is 5.19. The highest BCUT2D eigenvalue weighted by atomic mass is 32.1. The monoisotopic (exact) mass is 299 g/mol. The van der Waals surface area contributed by atoms with E-state index in [4.69, 9.17) is 0 Å². The lowest BCUT2D eigenvalue weighted by atomic mass is 9.99. The highest BCUT2D eigenvalue weighted by Gasteiger charge is 2.35. The first-order valence-corrected chi connectivity index (χ1v) is 7.43. The third kappa shape index (κ3) is 2.16. The van der Waals surface area contributed by atoms with Crippen molar-refractivity contribution in [2.45, 2.75) is 19.4 Å². The number of anilines is 1. The summed E-state index contributed by atoms with van der Waals surface area (Å²) in [4.78, 5) is 18.8. The second-order valence-electron chi connectivity index (χ2n) is 4.92. The molecule has 0 radical (unpaired) electrons. The highest BCUT2D eigenvalue weighted by Crippen LogP contribution is 2.37. The largest absolute Gasteiger partial charge is 0.479 e. The lowest BCUT2D eigenvalue weighted by Crippen LogP contribution is -2.40. The van der Waals surface area contributed by atoms with Gasteiger partial charge in [0.15, 0.2) is 6.04 Å². The molecule has 3 heterocycles. The van der Waals surface area contributed by atoms with Crippen LogP contribution in [0.1, 0.15) is 27.6 Å². The molecule has 106 valence electrons. The van der Waals surface area contributed by atoms with E-state index < -0.39 is 12.0 Å². The van der Waals surface area contributed by atoms with Crippen molar-refractivity contribution < 1.29 is 9.90 Å². The number of aliphatic carboxylic acids is 1. The van der Waals surface area contributed by atoms with Crippen LogP contribution >= 0.6 is 11.3 Å². The molecule has 0 spiro atoms. The molecule has 0 bridgehead atoms.